The lowest BCUT2D eigenvalue weighted by Gasteiger charge is -1.99. The van der Waals surface area contributed by atoms with Gasteiger partial charge in [0.25, 0.3) is 0 Å². The first-order chi connectivity index (χ1) is 9.11. The van der Waals surface area contributed by atoms with E-state index >= 15 is 0 Å². The molecule has 19 heavy (non-hydrogen) atoms. The molecule has 0 bridgehead atoms. The molecular formula is C13H12N2O3S. The number of nitrogens with zero attached hydrogens (tertiary/aromatic N) is 2. The molecule has 2 aromatic rings. The van der Waals surface area contributed by atoms with Gasteiger partial charge in [0.1, 0.15) is 10.7 Å². The highest BCUT2D eigenvalue weighted by atomic mass is 32.1. The number of thiazole rings is 1. The fourth-order valence-corrected chi connectivity index (χ4v) is 2.20. The summed E-state index contributed by atoms with van der Waals surface area (Å²) in [5.41, 5.74) is 1.22. The molecule has 0 aliphatic carbocycles. The largest absolute Gasteiger partial charge is 0.461 e. The normalized spacial score (nSPS) is 10.2. The van der Waals surface area contributed by atoms with Crippen molar-refractivity contribution < 1.29 is 14.3 Å². The molecular weight excluding hydrogens is 264 g/mol. The average Bonchev–Trinajstić information content (AvgIpc) is 2.89. The van der Waals surface area contributed by atoms with Gasteiger partial charge >= 0.3 is 5.97 Å². The van der Waals surface area contributed by atoms with Gasteiger partial charge in [0.15, 0.2) is 11.5 Å². The molecule has 2 aromatic heterocycles. The highest BCUT2D eigenvalue weighted by Gasteiger charge is 2.14. The quantitative estimate of drug-likeness (QED) is 0.634. The Labute approximate surface area is 114 Å². The summed E-state index contributed by atoms with van der Waals surface area (Å²) in [4.78, 5) is 31.2. The zero-order chi connectivity index (χ0) is 13.8. The van der Waals surface area contributed by atoms with E-state index in [1.54, 1.807) is 30.5 Å². The van der Waals surface area contributed by atoms with Gasteiger partial charge in [-0.25, -0.2) is 14.8 Å². The Bertz CT molecular complexity index is 622. The number of esters is 1. The van der Waals surface area contributed by atoms with Crippen molar-refractivity contribution in [2.75, 3.05) is 6.61 Å². The van der Waals surface area contributed by atoms with Crippen LogP contribution in [0, 0.1) is 0 Å². The molecule has 6 heteroatoms. The Hall–Kier alpha value is -2.08. The van der Waals surface area contributed by atoms with Gasteiger partial charge in [0.2, 0.25) is 0 Å². The predicted octanol–water partition coefficient (Wildman–Crippen LogP) is 2.58. The SMILES string of the molecule is CCOC(=O)c1csc(-c2cccc(C(C)=O)n2)n1. The Balaban J connectivity index is 2.30. The third-order valence-electron chi connectivity index (χ3n) is 2.32. The van der Waals surface area contributed by atoms with Crippen molar-refractivity contribution >= 4 is 23.1 Å². The summed E-state index contributed by atoms with van der Waals surface area (Å²) in [7, 11) is 0. The molecule has 0 aromatic carbocycles. The van der Waals surface area contributed by atoms with Crippen LogP contribution in [0.5, 0.6) is 0 Å². The lowest BCUT2D eigenvalue weighted by Crippen LogP contribution is -2.04. The molecule has 0 aliphatic rings. The smallest absolute Gasteiger partial charge is 0.357 e. The van der Waals surface area contributed by atoms with Crippen LogP contribution < -0.4 is 0 Å². The van der Waals surface area contributed by atoms with Gasteiger partial charge in [-0.3, -0.25) is 4.79 Å². The highest BCUT2D eigenvalue weighted by molar-refractivity contribution is 7.13. The number of hydrogen-bond donors (Lipinski definition) is 0. The second kappa shape index (κ2) is 5.71. The molecule has 98 valence electrons. The van der Waals surface area contributed by atoms with Gasteiger partial charge < -0.3 is 4.74 Å². The van der Waals surface area contributed by atoms with E-state index in [0.29, 0.717) is 23.0 Å². The van der Waals surface area contributed by atoms with Crippen molar-refractivity contribution in [1.29, 1.82) is 0 Å². The van der Waals surface area contributed by atoms with E-state index in [2.05, 4.69) is 9.97 Å². The van der Waals surface area contributed by atoms with E-state index in [-0.39, 0.29) is 11.5 Å². The molecule has 2 rings (SSSR count). The maximum Gasteiger partial charge on any atom is 0.357 e. The van der Waals surface area contributed by atoms with Crippen molar-refractivity contribution in [2.45, 2.75) is 13.8 Å². The number of aromatic nitrogens is 2. The number of rotatable bonds is 4. The average molecular weight is 276 g/mol. The molecule has 0 fully saturated rings. The van der Waals surface area contributed by atoms with Crippen molar-refractivity contribution in [3.05, 3.63) is 35.0 Å². The summed E-state index contributed by atoms with van der Waals surface area (Å²) in [6, 6.07) is 5.14. The number of hydrogen-bond acceptors (Lipinski definition) is 6. The summed E-state index contributed by atoms with van der Waals surface area (Å²) in [5, 5.41) is 2.21. The Kier molecular flexibility index (Phi) is 4.01. The van der Waals surface area contributed by atoms with Crippen LogP contribution in [0.15, 0.2) is 23.6 Å². The molecule has 0 spiro atoms. The summed E-state index contributed by atoms with van der Waals surface area (Å²) in [5.74, 6) is -0.559. The fourth-order valence-electron chi connectivity index (χ4n) is 1.44. The summed E-state index contributed by atoms with van der Waals surface area (Å²) < 4.78 is 4.87. The molecule has 0 unspecified atom stereocenters. The molecule has 0 radical (unpaired) electrons. The zero-order valence-corrected chi connectivity index (χ0v) is 11.4. The van der Waals surface area contributed by atoms with Gasteiger partial charge in [-0.15, -0.1) is 11.3 Å². The van der Waals surface area contributed by atoms with E-state index in [1.807, 2.05) is 0 Å². The number of Topliss-reactive ketones (excluding diaryl/α,β-unsaturated/α-hetero) is 1. The van der Waals surface area contributed by atoms with Crippen molar-refractivity contribution in [3.63, 3.8) is 0 Å². The van der Waals surface area contributed by atoms with E-state index < -0.39 is 5.97 Å². The van der Waals surface area contributed by atoms with E-state index in [9.17, 15) is 9.59 Å². The van der Waals surface area contributed by atoms with E-state index in [4.69, 9.17) is 4.74 Å². The van der Waals surface area contributed by atoms with Crippen LogP contribution in [0.25, 0.3) is 10.7 Å². The van der Waals surface area contributed by atoms with Gasteiger partial charge in [-0.1, -0.05) is 6.07 Å². The third kappa shape index (κ3) is 3.03. The molecule has 2 heterocycles. The molecule has 0 atom stereocenters. The first kappa shape index (κ1) is 13.4. The van der Waals surface area contributed by atoms with Gasteiger partial charge in [-0.2, -0.15) is 0 Å². The van der Waals surface area contributed by atoms with Crippen LogP contribution in [0.1, 0.15) is 34.8 Å². The summed E-state index contributed by atoms with van der Waals surface area (Å²) in [6.07, 6.45) is 0. The predicted molar refractivity (Wildman–Crippen MR) is 71.3 cm³/mol. The molecule has 0 saturated carbocycles. The lowest BCUT2D eigenvalue weighted by molar-refractivity contribution is 0.0520. The van der Waals surface area contributed by atoms with Crippen LogP contribution >= 0.6 is 11.3 Å². The molecule has 5 nitrogen and oxygen atoms in total. The Morgan fingerprint density at radius 1 is 1.26 bits per heavy atom. The number of pyridine rings is 1. The van der Waals surface area contributed by atoms with Gasteiger partial charge in [0, 0.05) is 12.3 Å². The van der Waals surface area contributed by atoms with Crippen molar-refractivity contribution in [2.24, 2.45) is 0 Å². The summed E-state index contributed by atoms with van der Waals surface area (Å²) in [6.45, 7) is 3.50. The van der Waals surface area contributed by atoms with Crippen LogP contribution in [-0.4, -0.2) is 28.3 Å². The number of carbonyl (C=O) groups excluding carboxylic acids is 2. The van der Waals surface area contributed by atoms with Gasteiger partial charge in [-0.05, 0) is 19.1 Å². The van der Waals surface area contributed by atoms with Gasteiger partial charge in [0.05, 0.1) is 12.3 Å². The van der Waals surface area contributed by atoms with Crippen molar-refractivity contribution in [3.8, 4) is 10.7 Å². The minimum Gasteiger partial charge on any atom is -0.461 e. The molecule has 0 amide bonds. The number of ketones is 1. The van der Waals surface area contributed by atoms with E-state index in [1.165, 1.54) is 18.3 Å². The minimum atomic E-state index is -0.451. The molecule has 0 saturated heterocycles. The zero-order valence-electron chi connectivity index (χ0n) is 10.5. The molecule has 0 aliphatic heterocycles. The van der Waals surface area contributed by atoms with E-state index in [0.717, 1.165) is 0 Å². The number of ether oxygens (including phenoxy) is 1. The Morgan fingerprint density at radius 2 is 2.05 bits per heavy atom. The molecule has 0 N–H and O–H groups in total. The maximum absolute atomic E-state index is 11.5. The minimum absolute atomic E-state index is 0.107. The van der Waals surface area contributed by atoms with Crippen molar-refractivity contribution in [1.82, 2.24) is 9.97 Å². The third-order valence-corrected chi connectivity index (χ3v) is 3.18. The van der Waals surface area contributed by atoms with Crippen LogP contribution in [-0.2, 0) is 4.74 Å². The Morgan fingerprint density at radius 3 is 2.74 bits per heavy atom. The number of carbonyl (C=O) groups is 2. The van der Waals surface area contributed by atoms with Crippen LogP contribution in [0.3, 0.4) is 0 Å². The topological polar surface area (TPSA) is 69.2 Å². The first-order valence-corrected chi connectivity index (χ1v) is 6.60. The lowest BCUT2D eigenvalue weighted by atomic mass is 10.2. The van der Waals surface area contributed by atoms with Crippen LogP contribution in [0.4, 0.5) is 0 Å². The second-order valence-electron chi connectivity index (χ2n) is 3.72. The maximum atomic E-state index is 11.5. The second-order valence-corrected chi connectivity index (χ2v) is 4.58. The first-order valence-electron chi connectivity index (χ1n) is 5.73. The van der Waals surface area contributed by atoms with Crippen LogP contribution in [0.2, 0.25) is 0 Å². The monoisotopic (exact) mass is 276 g/mol. The summed E-state index contributed by atoms with van der Waals surface area (Å²) >= 11 is 1.29. The fraction of sp³-hybridized carbons (Fsp3) is 0.231. The highest BCUT2D eigenvalue weighted by Crippen LogP contribution is 2.22. The standard InChI is InChI=1S/C13H12N2O3S/c1-3-18-13(17)11-7-19-12(15-11)10-6-4-5-9(14-10)8(2)16/h4-7H,3H2,1-2H3.